The van der Waals surface area contributed by atoms with E-state index in [1.54, 1.807) is 13.8 Å². The first-order valence-corrected chi connectivity index (χ1v) is 6.23. The van der Waals surface area contributed by atoms with Gasteiger partial charge in [-0.1, -0.05) is 0 Å². The zero-order valence-corrected chi connectivity index (χ0v) is 12.0. The van der Waals surface area contributed by atoms with Gasteiger partial charge in [0.2, 0.25) is 0 Å². The standard InChI is InChI=1S/C12H12BrFN4O/c1-5-11(13)6(2)18(17-5)10-3-7(12(16)19)9(15)4-8(10)14/h3-4H,15H2,1-2H3,(H2,16,19). The first-order chi connectivity index (χ1) is 8.82. The lowest BCUT2D eigenvalue weighted by molar-refractivity contribution is 0.100. The summed E-state index contributed by atoms with van der Waals surface area (Å²) in [4.78, 5) is 11.3. The fourth-order valence-corrected chi connectivity index (χ4v) is 2.06. The van der Waals surface area contributed by atoms with Crippen molar-refractivity contribution in [1.29, 1.82) is 0 Å². The molecule has 0 saturated heterocycles. The van der Waals surface area contributed by atoms with E-state index in [-0.39, 0.29) is 16.9 Å². The van der Waals surface area contributed by atoms with E-state index in [1.807, 2.05) is 0 Å². The molecular formula is C12H12BrFN4O. The number of nitrogen functional groups attached to an aromatic ring is 1. The van der Waals surface area contributed by atoms with Crippen LogP contribution in [0.1, 0.15) is 21.7 Å². The molecule has 2 aromatic rings. The van der Waals surface area contributed by atoms with E-state index in [1.165, 1.54) is 10.7 Å². The molecule has 1 amide bonds. The van der Waals surface area contributed by atoms with Gasteiger partial charge in [-0.25, -0.2) is 9.07 Å². The van der Waals surface area contributed by atoms with Gasteiger partial charge in [0.25, 0.3) is 5.91 Å². The van der Waals surface area contributed by atoms with Crippen LogP contribution in [0.25, 0.3) is 5.69 Å². The number of rotatable bonds is 2. The molecular weight excluding hydrogens is 315 g/mol. The zero-order chi connectivity index (χ0) is 14.3. The van der Waals surface area contributed by atoms with Gasteiger partial charge in [-0.15, -0.1) is 0 Å². The third kappa shape index (κ3) is 2.21. The molecule has 0 fully saturated rings. The third-order valence-corrected chi connectivity index (χ3v) is 3.96. The van der Waals surface area contributed by atoms with E-state index in [0.29, 0.717) is 5.69 Å². The summed E-state index contributed by atoms with van der Waals surface area (Å²) in [6, 6.07) is 2.37. The highest BCUT2D eigenvalue weighted by atomic mass is 79.9. The Balaban J connectivity index is 2.71. The van der Waals surface area contributed by atoms with Gasteiger partial charge in [0, 0.05) is 5.69 Å². The van der Waals surface area contributed by atoms with E-state index >= 15 is 0 Å². The maximum absolute atomic E-state index is 14.0. The van der Waals surface area contributed by atoms with Crippen LogP contribution in [0.3, 0.4) is 0 Å². The van der Waals surface area contributed by atoms with Gasteiger partial charge in [0.15, 0.2) is 5.82 Å². The molecule has 5 nitrogen and oxygen atoms in total. The second kappa shape index (κ2) is 4.65. The molecule has 2 rings (SSSR count). The van der Waals surface area contributed by atoms with E-state index < -0.39 is 11.7 Å². The van der Waals surface area contributed by atoms with Crippen LogP contribution in [-0.4, -0.2) is 15.7 Å². The van der Waals surface area contributed by atoms with Crippen molar-refractivity contribution in [2.75, 3.05) is 5.73 Å². The predicted molar refractivity (Wildman–Crippen MR) is 73.6 cm³/mol. The Bertz CT molecular complexity index is 681. The van der Waals surface area contributed by atoms with Crippen molar-refractivity contribution in [3.63, 3.8) is 0 Å². The van der Waals surface area contributed by atoms with Gasteiger partial charge < -0.3 is 11.5 Å². The Morgan fingerprint density at radius 2 is 2.05 bits per heavy atom. The predicted octanol–water partition coefficient (Wildman–Crippen LogP) is 2.07. The quantitative estimate of drug-likeness (QED) is 0.828. The molecule has 4 N–H and O–H groups in total. The number of primary amides is 1. The zero-order valence-electron chi connectivity index (χ0n) is 10.4. The summed E-state index contributed by atoms with van der Waals surface area (Å²) < 4.78 is 16.2. The van der Waals surface area contributed by atoms with Crippen LogP contribution >= 0.6 is 15.9 Å². The largest absolute Gasteiger partial charge is 0.398 e. The Labute approximate surface area is 117 Å². The van der Waals surface area contributed by atoms with Crippen LogP contribution < -0.4 is 11.5 Å². The number of aryl methyl sites for hydroxylation is 1. The van der Waals surface area contributed by atoms with Crippen molar-refractivity contribution in [3.05, 3.63) is 39.4 Å². The number of carbonyl (C=O) groups excluding carboxylic acids is 1. The molecule has 0 aliphatic rings. The molecule has 1 heterocycles. The van der Waals surface area contributed by atoms with E-state index in [4.69, 9.17) is 11.5 Å². The second-order valence-electron chi connectivity index (χ2n) is 4.15. The lowest BCUT2D eigenvalue weighted by Crippen LogP contribution is -2.15. The summed E-state index contributed by atoms with van der Waals surface area (Å²) in [5.74, 6) is -1.28. The van der Waals surface area contributed by atoms with E-state index in [0.717, 1.165) is 16.2 Å². The number of halogens is 2. The first kappa shape index (κ1) is 13.5. The molecule has 1 aromatic carbocycles. The second-order valence-corrected chi connectivity index (χ2v) is 4.94. The van der Waals surface area contributed by atoms with Crippen LogP contribution in [0, 0.1) is 19.7 Å². The van der Waals surface area contributed by atoms with Gasteiger partial charge in [-0.05, 0) is 41.9 Å². The topological polar surface area (TPSA) is 86.9 Å². The molecule has 0 spiro atoms. The van der Waals surface area contributed by atoms with Crippen LogP contribution in [0.4, 0.5) is 10.1 Å². The third-order valence-electron chi connectivity index (χ3n) is 2.82. The van der Waals surface area contributed by atoms with Gasteiger partial charge in [0.1, 0.15) is 5.69 Å². The molecule has 1 aromatic heterocycles. The fraction of sp³-hybridized carbons (Fsp3) is 0.167. The molecule has 0 aliphatic carbocycles. The molecule has 0 bridgehead atoms. The van der Waals surface area contributed by atoms with Crippen molar-refractivity contribution in [2.45, 2.75) is 13.8 Å². The minimum absolute atomic E-state index is 0.00865. The average molecular weight is 327 g/mol. The van der Waals surface area contributed by atoms with Crippen molar-refractivity contribution in [2.24, 2.45) is 5.73 Å². The molecule has 0 unspecified atom stereocenters. The van der Waals surface area contributed by atoms with Gasteiger partial charge >= 0.3 is 0 Å². The molecule has 100 valence electrons. The number of nitrogens with two attached hydrogens (primary N) is 2. The minimum Gasteiger partial charge on any atom is -0.398 e. The number of aromatic nitrogens is 2. The number of benzene rings is 1. The molecule has 0 radical (unpaired) electrons. The highest BCUT2D eigenvalue weighted by Crippen LogP contribution is 2.26. The number of carbonyl (C=O) groups is 1. The van der Waals surface area contributed by atoms with Crippen molar-refractivity contribution >= 4 is 27.5 Å². The number of nitrogens with zero attached hydrogens (tertiary/aromatic N) is 2. The Hall–Kier alpha value is -1.89. The molecule has 7 heteroatoms. The monoisotopic (exact) mass is 326 g/mol. The molecule has 0 saturated carbocycles. The highest BCUT2D eigenvalue weighted by molar-refractivity contribution is 9.10. The summed E-state index contributed by atoms with van der Waals surface area (Å²) in [6.45, 7) is 3.57. The maximum Gasteiger partial charge on any atom is 0.250 e. The van der Waals surface area contributed by atoms with Crippen LogP contribution in [0.15, 0.2) is 16.6 Å². The molecule has 19 heavy (non-hydrogen) atoms. The first-order valence-electron chi connectivity index (χ1n) is 5.43. The summed E-state index contributed by atoms with van der Waals surface area (Å²) in [5.41, 5.74) is 12.4. The van der Waals surface area contributed by atoms with Gasteiger partial charge in [0.05, 0.1) is 21.4 Å². The van der Waals surface area contributed by atoms with Crippen molar-refractivity contribution in [3.8, 4) is 5.69 Å². The lowest BCUT2D eigenvalue weighted by Gasteiger charge is -2.09. The maximum atomic E-state index is 14.0. The van der Waals surface area contributed by atoms with Crippen LogP contribution in [0.5, 0.6) is 0 Å². The number of anilines is 1. The Morgan fingerprint density at radius 3 is 2.53 bits per heavy atom. The van der Waals surface area contributed by atoms with Crippen molar-refractivity contribution < 1.29 is 9.18 Å². The number of hydrogen-bond donors (Lipinski definition) is 2. The van der Waals surface area contributed by atoms with Gasteiger partial charge in [-0.2, -0.15) is 5.10 Å². The highest BCUT2D eigenvalue weighted by Gasteiger charge is 2.17. The van der Waals surface area contributed by atoms with Gasteiger partial charge in [-0.3, -0.25) is 4.79 Å². The van der Waals surface area contributed by atoms with Crippen molar-refractivity contribution in [1.82, 2.24) is 9.78 Å². The minimum atomic E-state index is -0.709. The summed E-state index contributed by atoms with van der Waals surface area (Å²) in [6.07, 6.45) is 0. The number of hydrogen-bond acceptors (Lipinski definition) is 3. The summed E-state index contributed by atoms with van der Waals surface area (Å²) in [5, 5.41) is 4.21. The lowest BCUT2D eigenvalue weighted by atomic mass is 10.1. The number of amides is 1. The smallest absolute Gasteiger partial charge is 0.250 e. The molecule has 0 aliphatic heterocycles. The van der Waals surface area contributed by atoms with E-state index in [2.05, 4.69) is 21.0 Å². The fourth-order valence-electron chi connectivity index (χ4n) is 1.81. The summed E-state index contributed by atoms with van der Waals surface area (Å²) in [7, 11) is 0. The van der Waals surface area contributed by atoms with Crippen LogP contribution in [-0.2, 0) is 0 Å². The average Bonchev–Trinajstić information content (AvgIpc) is 2.57. The van der Waals surface area contributed by atoms with E-state index in [9.17, 15) is 9.18 Å². The molecule has 0 atom stereocenters. The SMILES string of the molecule is Cc1nn(-c2cc(C(N)=O)c(N)cc2F)c(C)c1Br. The van der Waals surface area contributed by atoms with Crippen LogP contribution in [0.2, 0.25) is 0 Å². The Morgan fingerprint density at radius 1 is 1.42 bits per heavy atom. The Kier molecular flexibility index (Phi) is 3.32. The normalized spacial score (nSPS) is 10.7. The summed E-state index contributed by atoms with van der Waals surface area (Å²) >= 11 is 3.36.